The van der Waals surface area contributed by atoms with E-state index in [1.165, 1.54) is 5.56 Å². The first-order valence-electron chi connectivity index (χ1n) is 9.42. The van der Waals surface area contributed by atoms with Crippen molar-refractivity contribution in [3.8, 4) is 0 Å². The molecular weight excluding hydrogens is 350 g/mol. The summed E-state index contributed by atoms with van der Waals surface area (Å²) in [6, 6.07) is 14.0. The SMILES string of the molecule is CCN(Cc1ccccc1)C(=O)c1cnc(N(C)CCc2ccncc2)nc1. The largest absolute Gasteiger partial charge is 0.344 e. The highest BCUT2D eigenvalue weighted by Gasteiger charge is 2.16. The minimum absolute atomic E-state index is 0.0580. The van der Waals surface area contributed by atoms with Crippen molar-refractivity contribution in [2.24, 2.45) is 0 Å². The predicted octanol–water partition coefficient (Wildman–Crippen LogP) is 3.21. The fourth-order valence-electron chi connectivity index (χ4n) is 2.89. The summed E-state index contributed by atoms with van der Waals surface area (Å²) in [5, 5.41) is 0. The van der Waals surface area contributed by atoms with Gasteiger partial charge in [-0.2, -0.15) is 0 Å². The second-order valence-corrected chi connectivity index (χ2v) is 6.60. The van der Waals surface area contributed by atoms with E-state index in [0.29, 0.717) is 24.6 Å². The number of rotatable bonds is 8. The van der Waals surface area contributed by atoms with Gasteiger partial charge < -0.3 is 9.80 Å². The van der Waals surface area contributed by atoms with Gasteiger partial charge in [0.2, 0.25) is 5.95 Å². The van der Waals surface area contributed by atoms with Crippen LogP contribution in [0.3, 0.4) is 0 Å². The summed E-state index contributed by atoms with van der Waals surface area (Å²) in [5.41, 5.74) is 2.82. The van der Waals surface area contributed by atoms with Crippen molar-refractivity contribution in [3.05, 3.63) is 83.9 Å². The molecule has 144 valence electrons. The van der Waals surface area contributed by atoms with Crippen molar-refractivity contribution in [1.82, 2.24) is 19.9 Å². The van der Waals surface area contributed by atoms with Gasteiger partial charge in [-0.3, -0.25) is 9.78 Å². The van der Waals surface area contributed by atoms with Gasteiger partial charge in [-0.1, -0.05) is 30.3 Å². The average Bonchev–Trinajstić information content (AvgIpc) is 2.77. The summed E-state index contributed by atoms with van der Waals surface area (Å²) in [6.45, 7) is 3.96. The number of aromatic nitrogens is 3. The zero-order chi connectivity index (χ0) is 19.8. The minimum Gasteiger partial charge on any atom is -0.344 e. The molecule has 2 heterocycles. The van der Waals surface area contributed by atoms with Crippen LogP contribution in [0.25, 0.3) is 0 Å². The van der Waals surface area contributed by atoms with E-state index in [1.54, 1.807) is 29.7 Å². The van der Waals surface area contributed by atoms with Gasteiger partial charge in [-0.05, 0) is 36.6 Å². The van der Waals surface area contributed by atoms with E-state index in [2.05, 4.69) is 15.0 Å². The smallest absolute Gasteiger partial charge is 0.257 e. The second-order valence-electron chi connectivity index (χ2n) is 6.60. The second kappa shape index (κ2) is 9.60. The number of likely N-dealkylation sites (N-methyl/N-ethyl adjacent to an activating group) is 1. The molecule has 0 radical (unpaired) electrons. The van der Waals surface area contributed by atoms with E-state index in [9.17, 15) is 4.79 Å². The summed E-state index contributed by atoms with van der Waals surface area (Å²) in [6.07, 6.45) is 7.69. The minimum atomic E-state index is -0.0580. The first kappa shape index (κ1) is 19.5. The standard InChI is InChI=1S/C22H25N5O/c1-3-27(17-19-7-5-4-6-8-19)21(28)20-15-24-22(25-16-20)26(2)14-11-18-9-12-23-13-10-18/h4-10,12-13,15-16H,3,11,14,17H2,1-2H3. The molecule has 0 atom stereocenters. The van der Waals surface area contributed by atoms with Crippen LogP contribution in [0.2, 0.25) is 0 Å². The summed E-state index contributed by atoms with van der Waals surface area (Å²) < 4.78 is 0. The van der Waals surface area contributed by atoms with Gasteiger partial charge in [0.05, 0.1) is 5.56 Å². The number of hydrogen-bond donors (Lipinski definition) is 0. The van der Waals surface area contributed by atoms with Crippen LogP contribution in [-0.2, 0) is 13.0 Å². The Labute approximate surface area is 165 Å². The lowest BCUT2D eigenvalue weighted by Gasteiger charge is -2.21. The highest BCUT2D eigenvalue weighted by atomic mass is 16.2. The molecule has 6 nitrogen and oxygen atoms in total. The molecule has 0 aliphatic carbocycles. The van der Waals surface area contributed by atoms with E-state index in [-0.39, 0.29) is 5.91 Å². The molecule has 1 aromatic carbocycles. The Morgan fingerprint density at radius 2 is 1.64 bits per heavy atom. The zero-order valence-corrected chi connectivity index (χ0v) is 16.3. The zero-order valence-electron chi connectivity index (χ0n) is 16.3. The van der Waals surface area contributed by atoms with Crippen LogP contribution in [0.15, 0.2) is 67.3 Å². The Balaban J connectivity index is 1.61. The van der Waals surface area contributed by atoms with Gasteiger partial charge in [0.25, 0.3) is 5.91 Å². The molecule has 28 heavy (non-hydrogen) atoms. The fourth-order valence-corrected chi connectivity index (χ4v) is 2.89. The van der Waals surface area contributed by atoms with Crippen molar-refractivity contribution >= 4 is 11.9 Å². The molecule has 0 aliphatic heterocycles. The highest BCUT2D eigenvalue weighted by molar-refractivity contribution is 5.93. The molecule has 0 saturated heterocycles. The number of nitrogens with zero attached hydrogens (tertiary/aromatic N) is 5. The first-order valence-corrected chi connectivity index (χ1v) is 9.42. The van der Waals surface area contributed by atoms with Crippen LogP contribution >= 0.6 is 0 Å². The third-order valence-electron chi connectivity index (χ3n) is 4.60. The lowest BCUT2D eigenvalue weighted by atomic mass is 10.2. The third-order valence-corrected chi connectivity index (χ3v) is 4.60. The average molecular weight is 375 g/mol. The van der Waals surface area contributed by atoms with Crippen molar-refractivity contribution in [1.29, 1.82) is 0 Å². The van der Waals surface area contributed by atoms with Crippen LogP contribution in [0, 0.1) is 0 Å². The van der Waals surface area contributed by atoms with Crippen molar-refractivity contribution in [3.63, 3.8) is 0 Å². The molecule has 0 spiro atoms. The van der Waals surface area contributed by atoms with Gasteiger partial charge in [0, 0.05) is 51.5 Å². The van der Waals surface area contributed by atoms with Crippen molar-refractivity contribution in [2.45, 2.75) is 19.9 Å². The number of benzene rings is 1. The summed E-state index contributed by atoms with van der Waals surface area (Å²) in [5.74, 6) is 0.550. The quantitative estimate of drug-likeness (QED) is 0.605. The number of anilines is 1. The highest BCUT2D eigenvalue weighted by Crippen LogP contribution is 2.11. The summed E-state index contributed by atoms with van der Waals surface area (Å²) >= 11 is 0. The number of pyridine rings is 1. The maximum Gasteiger partial charge on any atom is 0.257 e. The topological polar surface area (TPSA) is 62.2 Å². The molecule has 0 unspecified atom stereocenters. The Morgan fingerprint density at radius 3 is 2.29 bits per heavy atom. The van der Waals surface area contributed by atoms with Crippen molar-refractivity contribution < 1.29 is 4.79 Å². The predicted molar refractivity (Wildman–Crippen MR) is 110 cm³/mol. The molecule has 0 aliphatic rings. The first-order chi connectivity index (χ1) is 13.7. The Hall–Kier alpha value is -3.28. The van der Waals surface area contributed by atoms with Crippen LogP contribution in [-0.4, -0.2) is 45.9 Å². The van der Waals surface area contributed by atoms with E-state index < -0.39 is 0 Å². The number of carbonyl (C=O) groups excluding carboxylic acids is 1. The van der Waals surface area contributed by atoms with E-state index in [4.69, 9.17) is 0 Å². The summed E-state index contributed by atoms with van der Waals surface area (Å²) in [7, 11) is 1.95. The van der Waals surface area contributed by atoms with E-state index >= 15 is 0 Å². The van der Waals surface area contributed by atoms with Crippen molar-refractivity contribution in [2.75, 3.05) is 25.0 Å². The van der Waals surface area contributed by atoms with Gasteiger partial charge >= 0.3 is 0 Å². The van der Waals surface area contributed by atoms with Gasteiger partial charge in [-0.25, -0.2) is 9.97 Å². The maximum absolute atomic E-state index is 12.8. The van der Waals surface area contributed by atoms with Crippen LogP contribution in [0.1, 0.15) is 28.4 Å². The maximum atomic E-state index is 12.8. The lowest BCUT2D eigenvalue weighted by molar-refractivity contribution is 0.0751. The van der Waals surface area contributed by atoms with Crippen LogP contribution < -0.4 is 4.90 Å². The molecule has 0 fully saturated rings. The molecular formula is C22H25N5O. The fraction of sp³-hybridized carbons (Fsp3) is 0.273. The Kier molecular flexibility index (Phi) is 6.68. The molecule has 0 saturated carbocycles. The number of amides is 1. The van der Waals surface area contributed by atoms with E-state index in [0.717, 1.165) is 18.5 Å². The van der Waals surface area contributed by atoms with Crippen LogP contribution in [0.4, 0.5) is 5.95 Å². The molecule has 3 aromatic rings. The number of hydrogen-bond acceptors (Lipinski definition) is 5. The molecule has 2 aromatic heterocycles. The lowest BCUT2D eigenvalue weighted by Crippen LogP contribution is -2.30. The van der Waals surface area contributed by atoms with Gasteiger partial charge in [-0.15, -0.1) is 0 Å². The van der Waals surface area contributed by atoms with Gasteiger partial charge in [0.1, 0.15) is 0 Å². The Bertz CT molecular complexity index is 868. The number of carbonyl (C=O) groups is 1. The van der Waals surface area contributed by atoms with Gasteiger partial charge in [0.15, 0.2) is 0 Å². The Morgan fingerprint density at radius 1 is 0.964 bits per heavy atom. The van der Waals surface area contributed by atoms with Crippen LogP contribution in [0.5, 0.6) is 0 Å². The summed E-state index contributed by atoms with van der Waals surface area (Å²) in [4.78, 5) is 29.4. The van der Waals surface area contributed by atoms with E-state index in [1.807, 2.05) is 61.3 Å². The normalized spacial score (nSPS) is 10.5. The molecule has 3 rings (SSSR count). The third kappa shape index (κ3) is 5.13. The molecule has 0 N–H and O–H groups in total. The molecule has 1 amide bonds. The molecule has 6 heteroatoms. The molecule has 0 bridgehead atoms. The monoisotopic (exact) mass is 375 g/mol.